The molecule has 0 aromatic carbocycles. The van der Waals surface area contributed by atoms with Crippen molar-refractivity contribution < 1.29 is 0 Å². The molecule has 1 rings (SSSR count). The first kappa shape index (κ1) is 6.93. The van der Waals surface area contributed by atoms with E-state index in [2.05, 4.69) is 16.5 Å². The van der Waals surface area contributed by atoms with E-state index in [9.17, 15) is 0 Å². The fourth-order valence-corrected chi connectivity index (χ4v) is 0.644. The van der Waals surface area contributed by atoms with Gasteiger partial charge in [-0.3, -0.25) is 0 Å². The van der Waals surface area contributed by atoms with Crippen LogP contribution in [0.1, 0.15) is 17.1 Å². The van der Waals surface area contributed by atoms with Gasteiger partial charge in [0.05, 0.1) is 0 Å². The minimum absolute atomic E-state index is 0.697. The van der Waals surface area contributed by atoms with Gasteiger partial charge in [-0.1, -0.05) is 6.58 Å². The van der Waals surface area contributed by atoms with Gasteiger partial charge in [0.2, 0.25) is 0 Å². The minimum Gasteiger partial charge on any atom is -0.237 e. The molecule has 0 unspecified atom stereocenters. The number of hydrogen-bond acceptors (Lipinski definition) is 2. The lowest BCUT2D eigenvalue weighted by Crippen LogP contribution is -1.92. The number of nitrogens with zero attached hydrogens (tertiary/aromatic N) is 2. The highest BCUT2D eigenvalue weighted by Gasteiger charge is 1.93. The third kappa shape index (κ3) is 1.21. The van der Waals surface area contributed by atoms with Crippen molar-refractivity contribution in [2.24, 2.45) is 0 Å². The first-order chi connectivity index (χ1) is 4.74. The van der Waals surface area contributed by atoms with Gasteiger partial charge in [0.25, 0.3) is 0 Å². The zero-order valence-corrected chi connectivity index (χ0v) is 6.26. The standard InChI is InChI=1S/C8H10N2/c1-4-8-9-5-6(2)7(3)10-8/h4-5H,1H2,2-3H3. The summed E-state index contributed by atoms with van der Waals surface area (Å²) >= 11 is 0. The molecule has 2 heteroatoms. The van der Waals surface area contributed by atoms with Crippen molar-refractivity contribution in [1.82, 2.24) is 9.97 Å². The maximum atomic E-state index is 4.16. The van der Waals surface area contributed by atoms with E-state index in [0.29, 0.717) is 5.82 Å². The third-order valence-electron chi connectivity index (χ3n) is 1.43. The molecule has 0 atom stereocenters. The Balaban J connectivity index is 3.16. The van der Waals surface area contributed by atoms with Gasteiger partial charge in [-0.2, -0.15) is 0 Å². The second kappa shape index (κ2) is 2.60. The second-order valence-electron chi connectivity index (χ2n) is 2.20. The van der Waals surface area contributed by atoms with E-state index in [-0.39, 0.29) is 0 Å². The quantitative estimate of drug-likeness (QED) is 0.584. The zero-order chi connectivity index (χ0) is 7.56. The lowest BCUT2D eigenvalue weighted by Gasteiger charge is -1.97. The van der Waals surface area contributed by atoms with Crippen LogP contribution in [-0.2, 0) is 0 Å². The van der Waals surface area contributed by atoms with E-state index < -0.39 is 0 Å². The lowest BCUT2D eigenvalue weighted by atomic mass is 10.3. The molecule has 0 amide bonds. The summed E-state index contributed by atoms with van der Waals surface area (Å²) in [6.07, 6.45) is 3.45. The zero-order valence-electron chi connectivity index (χ0n) is 6.26. The van der Waals surface area contributed by atoms with Crippen molar-refractivity contribution in [3.63, 3.8) is 0 Å². The summed E-state index contributed by atoms with van der Waals surface area (Å²) in [5, 5.41) is 0. The molecule has 10 heavy (non-hydrogen) atoms. The molecule has 52 valence electrons. The van der Waals surface area contributed by atoms with Crippen LogP contribution in [0.4, 0.5) is 0 Å². The first-order valence-corrected chi connectivity index (χ1v) is 3.16. The molecule has 0 bridgehead atoms. The van der Waals surface area contributed by atoms with Gasteiger partial charge >= 0.3 is 0 Å². The van der Waals surface area contributed by atoms with Crippen LogP contribution in [0, 0.1) is 13.8 Å². The van der Waals surface area contributed by atoms with Crippen LogP contribution >= 0.6 is 0 Å². The fourth-order valence-electron chi connectivity index (χ4n) is 0.644. The van der Waals surface area contributed by atoms with E-state index >= 15 is 0 Å². The van der Waals surface area contributed by atoms with Gasteiger partial charge in [-0.05, 0) is 25.5 Å². The van der Waals surface area contributed by atoms with Crippen molar-refractivity contribution in [1.29, 1.82) is 0 Å². The summed E-state index contributed by atoms with van der Waals surface area (Å²) in [6, 6.07) is 0. The van der Waals surface area contributed by atoms with Crippen LogP contribution in [0.2, 0.25) is 0 Å². The average molecular weight is 134 g/mol. The molecule has 0 saturated heterocycles. The van der Waals surface area contributed by atoms with Crippen LogP contribution < -0.4 is 0 Å². The summed E-state index contributed by atoms with van der Waals surface area (Å²) in [5.41, 5.74) is 2.13. The number of hydrogen-bond donors (Lipinski definition) is 0. The third-order valence-corrected chi connectivity index (χ3v) is 1.43. The smallest absolute Gasteiger partial charge is 0.151 e. The highest BCUT2D eigenvalue weighted by Crippen LogP contribution is 2.01. The van der Waals surface area contributed by atoms with Crippen LogP contribution in [0.5, 0.6) is 0 Å². The van der Waals surface area contributed by atoms with E-state index in [1.165, 1.54) is 0 Å². The first-order valence-electron chi connectivity index (χ1n) is 3.16. The topological polar surface area (TPSA) is 25.8 Å². The molecular formula is C8H10N2. The second-order valence-corrected chi connectivity index (χ2v) is 2.20. The molecule has 0 N–H and O–H groups in total. The Morgan fingerprint density at radius 3 is 2.70 bits per heavy atom. The summed E-state index contributed by atoms with van der Waals surface area (Å²) in [6.45, 7) is 7.53. The van der Waals surface area contributed by atoms with E-state index in [1.807, 2.05) is 13.8 Å². The molecule has 2 nitrogen and oxygen atoms in total. The number of aromatic nitrogens is 2. The minimum atomic E-state index is 0.697. The Morgan fingerprint density at radius 1 is 1.50 bits per heavy atom. The molecule has 0 saturated carbocycles. The summed E-state index contributed by atoms with van der Waals surface area (Å²) in [5.74, 6) is 0.697. The molecule has 0 aliphatic heterocycles. The fraction of sp³-hybridized carbons (Fsp3) is 0.250. The number of aryl methyl sites for hydroxylation is 2. The van der Waals surface area contributed by atoms with Crippen molar-refractivity contribution in [3.05, 3.63) is 29.9 Å². The molecule has 0 aliphatic carbocycles. The van der Waals surface area contributed by atoms with Gasteiger partial charge in [0.1, 0.15) is 0 Å². The normalized spacial score (nSPS) is 9.40. The highest BCUT2D eigenvalue weighted by atomic mass is 14.9. The van der Waals surface area contributed by atoms with Crippen LogP contribution in [0.3, 0.4) is 0 Å². The molecule has 0 radical (unpaired) electrons. The maximum Gasteiger partial charge on any atom is 0.151 e. The Kier molecular flexibility index (Phi) is 1.81. The van der Waals surface area contributed by atoms with Gasteiger partial charge in [0, 0.05) is 11.9 Å². The van der Waals surface area contributed by atoms with E-state index in [0.717, 1.165) is 11.3 Å². The molecule has 0 spiro atoms. The van der Waals surface area contributed by atoms with Crippen molar-refractivity contribution >= 4 is 6.08 Å². The predicted octanol–water partition coefficient (Wildman–Crippen LogP) is 1.74. The van der Waals surface area contributed by atoms with Crippen LogP contribution in [-0.4, -0.2) is 9.97 Å². The summed E-state index contributed by atoms with van der Waals surface area (Å²) < 4.78 is 0. The SMILES string of the molecule is C=Cc1ncc(C)c(C)n1. The van der Waals surface area contributed by atoms with Gasteiger partial charge in [-0.15, -0.1) is 0 Å². The van der Waals surface area contributed by atoms with E-state index in [4.69, 9.17) is 0 Å². The highest BCUT2D eigenvalue weighted by molar-refractivity contribution is 5.36. The van der Waals surface area contributed by atoms with Crippen LogP contribution in [0.15, 0.2) is 12.8 Å². The largest absolute Gasteiger partial charge is 0.237 e. The van der Waals surface area contributed by atoms with Gasteiger partial charge in [0.15, 0.2) is 5.82 Å². The van der Waals surface area contributed by atoms with Crippen LogP contribution in [0.25, 0.3) is 6.08 Å². The Hall–Kier alpha value is -1.18. The molecule has 1 heterocycles. The molecule has 1 aromatic rings. The lowest BCUT2D eigenvalue weighted by molar-refractivity contribution is 1.04. The van der Waals surface area contributed by atoms with Gasteiger partial charge in [-0.25, -0.2) is 9.97 Å². The molecule has 1 aromatic heterocycles. The molecular weight excluding hydrogens is 124 g/mol. The maximum absolute atomic E-state index is 4.16. The summed E-state index contributed by atoms with van der Waals surface area (Å²) in [4.78, 5) is 8.19. The van der Waals surface area contributed by atoms with Crippen molar-refractivity contribution in [2.45, 2.75) is 13.8 Å². The van der Waals surface area contributed by atoms with Crippen molar-refractivity contribution in [3.8, 4) is 0 Å². The van der Waals surface area contributed by atoms with Crippen molar-refractivity contribution in [2.75, 3.05) is 0 Å². The predicted molar refractivity (Wildman–Crippen MR) is 41.6 cm³/mol. The Morgan fingerprint density at radius 2 is 2.20 bits per heavy atom. The average Bonchev–Trinajstić information content (AvgIpc) is 1.95. The molecule has 0 fully saturated rings. The Bertz CT molecular complexity index is 253. The Labute approximate surface area is 60.6 Å². The number of rotatable bonds is 1. The van der Waals surface area contributed by atoms with Gasteiger partial charge < -0.3 is 0 Å². The van der Waals surface area contributed by atoms with E-state index in [1.54, 1.807) is 12.3 Å². The summed E-state index contributed by atoms with van der Waals surface area (Å²) in [7, 11) is 0. The molecule has 0 aliphatic rings. The monoisotopic (exact) mass is 134 g/mol.